The van der Waals surface area contributed by atoms with Gasteiger partial charge in [-0.25, -0.2) is 13.4 Å². The van der Waals surface area contributed by atoms with Gasteiger partial charge >= 0.3 is 0 Å². The summed E-state index contributed by atoms with van der Waals surface area (Å²) in [4.78, 5) is 47.1. The van der Waals surface area contributed by atoms with Gasteiger partial charge in [-0.1, -0.05) is 54.1 Å². The highest BCUT2D eigenvalue weighted by atomic mass is 35.5. The van der Waals surface area contributed by atoms with Crippen LogP contribution in [0.1, 0.15) is 16.9 Å². The molecule has 0 saturated carbocycles. The molecule has 19 heteroatoms. The average Bonchev–Trinajstić information content (AvgIpc) is 3.38. The van der Waals surface area contributed by atoms with E-state index in [4.69, 9.17) is 21.6 Å². The quantitative estimate of drug-likeness (QED) is 0.0382. The van der Waals surface area contributed by atoms with E-state index in [1.165, 1.54) is 18.3 Å². The molecule has 5 aromatic carbocycles. The van der Waals surface area contributed by atoms with E-state index in [9.17, 15) is 23.3 Å². The van der Waals surface area contributed by atoms with Crippen molar-refractivity contribution in [3.8, 4) is 22.5 Å². The van der Waals surface area contributed by atoms with Crippen LogP contribution in [0.25, 0.3) is 22.5 Å². The van der Waals surface area contributed by atoms with Crippen molar-refractivity contribution in [2.24, 2.45) is 0 Å². The normalized spacial score (nSPS) is 15.1. The number of benzene rings is 5. The van der Waals surface area contributed by atoms with Crippen LogP contribution in [0.5, 0.6) is 0 Å². The number of hydrogen-bond acceptors (Lipinski definition) is 14. The van der Waals surface area contributed by atoms with Gasteiger partial charge in [0, 0.05) is 121 Å². The topological polar surface area (TPSA) is 172 Å². The van der Waals surface area contributed by atoms with Crippen LogP contribution in [0.15, 0.2) is 137 Å². The molecule has 3 heterocycles. The Kier molecular flexibility index (Phi) is 17.1. The summed E-state index contributed by atoms with van der Waals surface area (Å²) in [6, 6.07) is 36.5. The van der Waals surface area contributed by atoms with Crippen molar-refractivity contribution in [1.29, 1.82) is 0 Å². The third-order valence-corrected chi connectivity index (χ3v) is 15.4. The maximum Gasteiger partial charge on any atom is 0.293 e. The number of carbonyl (C=O) groups is 1. The summed E-state index contributed by atoms with van der Waals surface area (Å²) in [6.45, 7) is 8.86. The molecule has 0 aliphatic carbocycles. The molecular formula is C52H60ClN11O5S2. The lowest BCUT2D eigenvalue weighted by atomic mass is 10.0. The molecule has 2 fully saturated rings. The molecule has 0 unspecified atom stereocenters. The number of rotatable bonds is 20. The molecule has 2 aliphatic rings. The minimum absolute atomic E-state index is 0.113. The molecule has 3 N–H and O–H groups in total. The summed E-state index contributed by atoms with van der Waals surface area (Å²) in [6.07, 6.45) is 2.26. The largest absolute Gasteiger partial charge is 0.376 e. The van der Waals surface area contributed by atoms with Gasteiger partial charge in [-0.15, -0.1) is 11.8 Å². The fourth-order valence-corrected chi connectivity index (χ4v) is 10.7. The third kappa shape index (κ3) is 13.8. The second kappa shape index (κ2) is 23.8. The first-order valence-corrected chi connectivity index (χ1v) is 26.6. The third-order valence-electron chi connectivity index (χ3n) is 12.6. The zero-order valence-electron chi connectivity index (χ0n) is 40.2. The molecule has 0 bridgehead atoms. The van der Waals surface area contributed by atoms with Crippen LogP contribution in [0.3, 0.4) is 0 Å². The number of nitro benzene ring substituents is 1. The summed E-state index contributed by atoms with van der Waals surface area (Å²) in [5.41, 5.74) is 5.37. The average molecular weight is 1020 g/mol. The van der Waals surface area contributed by atoms with Crippen molar-refractivity contribution in [2.75, 3.05) is 119 Å². The second-order valence-corrected chi connectivity index (χ2v) is 21.2. The number of hydrogen-bond donors (Lipinski definition) is 3. The standard InChI is InChI=1S/C52H60ClN11O5S2/c1-59(2)24-22-42(37-70-45-10-5-4-6-11-45)56-47-21-20-46(35-49(47)64(66)67)71(68,69)58-41-16-18-43(19-17-41)62-30-32-63(33-31-62)44-9-7-8-39(34-44)51-50(38-12-14-40(53)15-13-38)55-36-48(57-51)52(65)54-23-25-61-28-26-60(3)27-29-61/h4-21,34-36,42,56,58H,22-33,37H2,1-3H3,(H,54,65)/t42-/m1/s1. The van der Waals surface area contributed by atoms with Gasteiger partial charge < -0.3 is 30.2 Å². The molecule has 2 aliphatic heterocycles. The molecule has 2 saturated heterocycles. The Balaban J connectivity index is 0.902. The van der Waals surface area contributed by atoms with Gasteiger partial charge in [-0.05, 0) is 107 Å². The molecule has 8 rings (SSSR count). The van der Waals surface area contributed by atoms with Gasteiger partial charge in [-0.3, -0.25) is 29.5 Å². The Morgan fingerprint density at radius 2 is 1.52 bits per heavy atom. The lowest BCUT2D eigenvalue weighted by molar-refractivity contribution is -0.384. The molecule has 0 spiro atoms. The maximum absolute atomic E-state index is 13.7. The summed E-state index contributed by atoms with van der Waals surface area (Å²) >= 11 is 7.91. The maximum atomic E-state index is 13.7. The van der Waals surface area contributed by atoms with Crippen LogP contribution >= 0.6 is 23.4 Å². The van der Waals surface area contributed by atoms with E-state index < -0.39 is 14.9 Å². The Hall–Kier alpha value is -6.28. The lowest BCUT2D eigenvalue weighted by Gasteiger charge is -2.37. The number of aromatic nitrogens is 2. The number of halogens is 1. The fourth-order valence-electron chi connectivity index (χ4n) is 8.53. The van der Waals surface area contributed by atoms with Gasteiger partial charge in [0.15, 0.2) is 0 Å². The number of likely N-dealkylation sites (N-methyl/N-ethyl adjacent to an activating group) is 1. The van der Waals surface area contributed by atoms with E-state index in [0.29, 0.717) is 47.5 Å². The van der Waals surface area contributed by atoms with Crippen LogP contribution in [0.2, 0.25) is 5.02 Å². The minimum Gasteiger partial charge on any atom is -0.376 e. The zero-order chi connectivity index (χ0) is 49.9. The van der Waals surface area contributed by atoms with Gasteiger partial charge in [0.2, 0.25) is 0 Å². The van der Waals surface area contributed by atoms with Gasteiger partial charge in [-0.2, -0.15) is 0 Å². The van der Waals surface area contributed by atoms with Crippen LogP contribution < -0.4 is 25.2 Å². The van der Waals surface area contributed by atoms with Gasteiger partial charge in [0.25, 0.3) is 21.6 Å². The number of piperazine rings is 2. The van der Waals surface area contributed by atoms with Crippen LogP contribution in [0, 0.1) is 10.1 Å². The van der Waals surface area contributed by atoms with E-state index in [-0.39, 0.29) is 33.9 Å². The number of nitrogens with one attached hydrogen (secondary N) is 3. The van der Waals surface area contributed by atoms with Crippen LogP contribution in [-0.4, -0.2) is 149 Å². The van der Waals surface area contributed by atoms with E-state index in [1.807, 2.05) is 93.0 Å². The number of sulfonamides is 1. The highest BCUT2D eigenvalue weighted by Crippen LogP contribution is 2.34. The summed E-state index contributed by atoms with van der Waals surface area (Å²) < 4.78 is 29.9. The number of nitro groups is 1. The first kappa shape index (κ1) is 51.1. The highest BCUT2D eigenvalue weighted by molar-refractivity contribution is 7.99. The zero-order valence-corrected chi connectivity index (χ0v) is 42.6. The highest BCUT2D eigenvalue weighted by Gasteiger charge is 2.25. The Morgan fingerprint density at radius 3 is 2.21 bits per heavy atom. The van der Waals surface area contributed by atoms with Crippen LogP contribution in [0.4, 0.5) is 28.4 Å². The molecule has 6 aromatic rings. The van der Waals surface area contributed by atoms with E-state index in [2.05, 4.69) is 59.0 Å². The van der Waals surface area contributed by atoms with Gasteiger partial charge in [0.05, 0.1) is 27.4 Å². The van der Waals surface area contributed by atoms with Crippen molar-refractivity contribution in [1.82, 2.24) is 30.0 Å². The molecule has 1 aromatic heterocycles. The Labute approximate surface area is 425 Å². The molecule has 1 amide bonds. The Morgan fingerprint density at radius 1 is 0.817 bits per heavy atom. The number of amides is 1. The number of nitrogens with zero attached hydrogens (tertiary/aromatic N) is 8. The van der Waals surface area contributed by atoms with Gasteiger partial charge in [0.1, 0.15) is 11.4 Å². The van der Waals surface area contributed by atoms with Crippen molar-refractivity contribution in [2.45, 2.75) is 22.3 Å². The fraction of sp³-hybridized carbons (Fsp3) is 0.327. The smallest absolute Gasteiger partial charge is 0.293 e. The Bertz CT molecular complexity index is 2870. The van der Waals surface area contributed by atoms with Crippen molar-refractivity contribution < 1.29 is 18.1 Å². The predicted molar refractivity (Wildman–Crippen MR) is 287 cm³/mol. The molecule has 0 radical (unpaired) electrons. The monoisotopic (exact) mass is 1020 g/mol. The predicted octanol–water partition coefficient (Wildman–Crippen LogP) is 8.00. The molecule has 71 heavy (non-hydrogen) atoms. The van der Waals surface area contributed by atoms with Crippen molar-refractivity contribution in [3.05, 3.63) is 148 Å². The first-order valence-electron chi connectivity index (χ1n) is 23.7. The summed E-state index contributed by atoms with van der Waals surface area (Å²) in [7, 11) is 1.91. The molecular weight excluding hydrogens is 958 g/mol. The minimum atomic E-state index is -4.17. The second-order valence-electron chi connectivity index (χ2n) is 18.0. The molecule has 1 atom stereocenters. The first-order chi connectivity index (χ1) is 34.3. The lowest BCUT2D eigenvalue weighted by Crippen LogP contribution is -2.47. The SMILES string of the molecule is CN(C)CC[C@H](CSc1ccccc1)Nc1ccc(S(=O)(=O)Nc2ccc(N3CCN(c4cccc(-c5nc(C(=O)NCCN6CCN(C)CC6)cnc5-c5ccc(Cl)cc5)c4)CC3)cc2)cc1[N+](=O)[O-]. The number of carbonyl (C=O) groups excluding carboxylic acids is 1. The number of anilines is 4. The summed E-state index contributed by atoms with van der Waals surface area (Å²) in [5.74, 6) is 0.392. The van der Waals surface area contributed by atoms with Crippen LogP contribution in [-0.2, 0) is 10.0 Å². The van der Waals surface area contributed by atoms with E-state index in [0.717, 1.165) is 92.2 Å². The van der Waals surface area contributed by atoms with E-state index >= 15 is 0 Å². The summed E-state index contributed by atoms with van der Waals surface area (Å²) in [5, 5.41) is 19.3. The molecule has 372 valence electrons. The molecule has 16 nitrogen and oxygen atoms in total. The van der Waals surface area contributed by atoms with Crippen molar-refractivity contribution >= 4 is 67.7 Å². The van der Waals surface area contributed by atoms with E-state index in [1.54, 1.807) is 23.9 Å². The number of thioether (sulfide) groups is 1. The van der Waals surface area contributed by atoms with Crippen molar-refractivity contribution in [3.63, 3.8) is 0 Å².